The lowest BCUT2D eigenvalue weighted by atomic mass is 10.0. The van der Waals surface area contributed by atoms with E-state index in [-0.39, 0.29) is 18.0 Å². The number of nitrogens with zero attached hydrogens (tertiary/aromatic N) is 5. The Morgan fingerprint density at radius 1 is 0.839 bits per heavy atom. The van der Waals surface area contributed by atoms with Crippen molar-refractivity contribution in [3.63, 3.8) is 0 Å². The molecule has 4 heterocycles. The standard InChI is InChI=1S/C22H29N7O2/c30-22(19-16-18(23-24-19)17-4-2-1-3-5-17)29-10-8-27(9-11-29)20-6-7-21(26-25-20)28-12-14-31-15-13-28/h1-7,18-19,23-24H,8-16H2. The zero-order valence-corrected chi connectivity index (χ0v) is 17.6. The number of hydrazine groups is 1. The molecule has 2 N–H and O–H groups in total. The number of nitrogens with one attached hydrogen (secondary N) is 2. The van der Waals surface area contributed by atoms with Crippen molar-refractivity contribution in [3.8, 4) is 0 Å². The maximum atomic E-state index is 13.0. The number of carbonyl (C=O) groups is 1. The van der Waals surface area contributed by atoms with Gasteiger partial charge in [-0.2, -0.15) is 0 Å². The highest BCUT2D eigenvalue weighted by atomic mass is 16.5. The summed E-state index contributed by atoms with van der Waals surface area (Å²) >= 11 is 0. The Morgan fingerprint density at radius 2 is 1.48 bits per heavy atom. The van der Waals surface area contributed by atoms with Crippen LogP contribution >= 0.6 is 0 Å². The van der Waals surface area contributed by atoms with Gasteiger partial charge in [0.25, 0.3) is 0 Å². The average Bonchev–Trinajstić information content (AvgIpc) is 3.35. The summed E-state index contributed by atoms with van der Waals surface area (Å²) in [5.41, 5.74) is 7.67. The summed E-state index contributed by atoms with van der Waals surface area (Å²) in [6.07, 6.45) is 0.761. The number of benzene rings is 1. The Labute approximate surface area is 182 Å². The number of carbonyl (C=O) groups excluding carboxylic acids is 1. The van der Waals surface area contributed by atoms with Gasteiger partial charge < -0.3 is 19.4 Å². The van der Waals surface area contributed by atoms with E-state index in [1.165, 1.54) is 5.56 Å². The van der Waals surface area contributed by atoms with E-state index in [9.17, 15) is 4.79 Å². The molecule has 0 bridgehead atoms. The second-order valence-corrected chi connectivity index (χ2v) is 8.20. The van der Waals surface area contributed by atoms with Gasteiger partial charge in [-0.25, -0.2) is 10.9 Å². The first-order valence-electron chi connectivity index (χ1n) is 11.0. The van der Waals surface area contributed by atoms with Crippen LogP contribution in [0.25, 0.3) is 0 Å². The molecule has 3 aliphatic rings. The van der Waals surface area contributed by atoms with E-state index in [2.05, 4.69) is 43.0 Å². The van der Waals surface area contributed by atoms with E-state index >= 15 is 0 Å². The van der Waals surface area contributed by atoms with Crippen molar-refractivity contribution in [2.24, 2.45) is 0 Å². The van der Waals surface area contributed by atoms with Crippen LogP contribution in [0.3, 0.4) is 0 Å². The number of hydrogen-bond acceptors (Lipinski definition) is 8. The highest BCUT2D eigenvalue weighted by Gasteiger charge is 2.34. The van der Waals surface area contributed by atoms with Crippen molar-refractivity contribution in [1.82, 2.24) is 25.9 Å². The number of rotatable bonds is 4. The lowest BCUT2D eigenvalue weighted by Gasteiger charge is -2.36. The summed E-state index contributed by atoms with van der Waals surface area (Å²) in [7, 11) is 0. The molecule has 0 aliphatic carbocycles. The minimum Gasteiger partial charge on any atom is -0.378 e. The molecule has 1 aromatic heterocycles. The molecule has 1 aromatic carbocycles. The number of amides is 1. The first kappa shape index (κ1) is 20.2. The van der Waals surface area contributed by atoms with Crippen LogP contribution in [-0.2, 0) is 9.53 Å². The van der Waals surface area contributed by atoms with E-state index in [0.29, 0.717) is 13.1 Å². The molecule has 0 spiro atoms. The number of aromatic nitrogens is 2. The van der Waals surface area contributed by atoms with Crippen LogP contribution in [0.5, 0.6) is 0 Å². The molecule has 164 valence electrons. The molecule has 2 unspecified atom stereocenters. The zero-order valence-electron chi connectivity index (χ0n) is 17.6. The zero-order chi connectivity index (χ0) is 21.0. The summed E-state index contributed by atoms with van der Waals surface area (Å²) < 4.78 is 5.40. The fourth-order valence-electron chi connectivity index (χ4n) is 4.45. The minimum atomic E-state index is -0.190. The van der Waals surface area contributed by atoms with Crippen molar-refractivity contribution >= 4 is 17.5 Å². The van der Waals surface area contributed by atoms with Gasteiger partial charge in [-0.1, -0.05) is 30.3 Å². The molecule has 2 atom stereocenters. The van der Waals surface area contributed by atoms with Gasteiger partial charge in [-0.3, -0.25) is 4.79 Å². The molecule has 3 fully saturated rings. The molecule has 0 saturated carbocycles. The molecule has 0 radical (unpaired) electrons. The molecule has 31 heavy (non-hydrogen) atoms. The molecule has 3 aliphatic heterocycles. The van der Waals surface area contributed by atoms with Gasteiger partial charge in [0.05, 0.1) is 13.2 Å². The number of hydrogen-bond donors (Lipinski definition) is 2. The third-order valence-electron chi connectivity index (χ3n) is 6.29. The fourth-order valence-corrected chi connectivity index (χ4v) is 4.45. The summed E-state index contributed by atoms with van der Waals surface area (Å²) in [5, 5.41) is 8.85. The van der Waals surface area contributed by atoms with Gasteiger partial charge in [0.15, 0.2) is 11.6 Å². The molecule has 2 aromatic rings. The van der Waals surface area contributed by atoms with Crippen molar-refractivity contribution in [2.75, 3.05) is 62.3 Å². The summed E-state index contributed by atoms with van der Waals surface area (Å²) in [5.74, 6) is 1.93. The molecule has 9 heteroatoms. The smallest absolute Gasteiger partial charge is 0.241 e. The Balaban J connectivity index is 1.13. The number of anilines is 2. The third kappa shape index (κ3) is 4.48. The van der Waals surface area contributed by atoms with Crippen LogP contribution in [0.2, 0.25) is 0 Å². The highest BCUT2D eigenvalue weighted by molar-refractivity contribution is 5.82. The maximum absolute atomic E-state index is 13.0. The monoisotopic (exact) mass is 423 g/mol. The maximum Gasteiger partial charge on any atom is 0.241 e. The van der Waals surface area contributed by atoms with Crippen molar-refractivity contribution in [1.29, 1.82) is 0 Å². The van der Waals surface area contributed by atoms with Crippen LogP contribution in [0.1, 0.15) is 18.0 Å². The lowest BCUT2D eigenvalue weighted by Crippen LogP contribution is -2.53. The van der Waals surface area contributed by atoms with E-state index < -0.39 is 0 Å². The largest absolute Gasteiger partial charge is 0.378 e. The van der Waals surface area contributed by atoms with E-state index in [0.717, 1.165) is 57.4 Å². The Hall–Kier alpha value is -2.75. The van der Waals surface area contributed by atoms with Crippen molar-refractivity contribution in [2.45, 2.75) is 18.5 Å². The highest BCUT2D eigenvalue weighted by Crippen LogP contribution is 2.23. The van der Waals surface area contributed by atoms with Gasteiger partial charge >= 0.3 is 0 Å². The molecular formula is C22H29N7O2. The van der Waals surface area contributed by atoms with E-state index in [1.54, 1.807) is 0 Å². The first-order valence-corrected chi connectivity index (χ1v) is 11.0. The van der Waals surface area contributed by atoms with Gasteiger partial charge in [0, 0.05) is 45.3 Å². The Morgan fingerprint density at radius 3 is 2.13 bits per heavy atom. The van der Waals surface area contributed by atoms with E-state index in [4.69, 9.17) is 4.74 Å². The topological polar surface area (TPSA) is 85.9 Å². The first-order chi connectivity index (χ1) is 15.3. The fraction of sp³-hybridized carbons (Fsp3) is 0.500. The normalized spacial score (nSPS) is 24.5. The molecular weight excluding hydrogens is 394 g/mol. The van der Waals surface area contributed by atoms with Crippen LogP contribution in [0, 0.1) is 0 Å². The SMILES string of the molecule is O=C(C1CC(c2ccccc2)NN1)N1CCN(c2ccc(N3CCOCC3)nn2)CC1. The van der Waals surface area contributed by atoms with Crippen molar-refractivity contribution in [3.05, 3.63) is 48.0 Å². The molecule has 5 rings (SSSR count). The lowest BCUT2D eigenvalue weighted by molar-refractivity contribution is -0.133. The summed E-state index contributed by atoms with van der Waals surface area (Å²) in [6, 6.07) is 14.3. The van der Waals surface area contributed by atoms with Crippen LogP contribution < -0.4 is 20.7 Å². The van der Waals surface area contributed by atoms with Crippen LogP contribution in [0.15, 0.2) is 42.5 Å². The van der Waals surface area contributed by atoms with Crippen LogP contribution in [0.4, 0.5) is 11.6 Å². The number of piperazine rings is 1. The Kier molecular flexibility index (Phi) is 5.97. The predicted octanol–water partition coefficient (Wildman–Crippen LogP) is 0.570. The van der Waals surface area contributed by atoms with Gasteiger partial charge in [0.1, 0.15) is 6.04 Å². The van der Waals surface area contributed by atoms with Gasteiger partial charge in [0.2, 0.25) is 5.91 Å². The summed E-state index contributed by atoms with van der Waals surface area (Å²) in [4.78, 5) is 19.4. The Bertz CT molecular complexity index is 865. The summed E-state index contributed by atoms with van der Waals surface area (Å²) in [6.45, 7) is 6.08. The van der Waals surface area contributed by atoms with Crippen LogP contribution in [-0.4, -0.2) is 79.5 Å². The van der Waals surface area contributed by atoms with Gasteiger partial charge in [-0.15, -0.1) is 10.2 Å². The third-order valence-corrected chi connectivity index (χ3v) is 6.29. The quantitative estimate of drug-likeness (QED) is 0.738. The van der Waals surface area contributed by atoms with Gasteiger partial charge in [-0.05, 0) is 24.1 Å². The number of ether oxygens (including phenoxy) is 1. The molecule has 9 nitrogen and oxygen atoms in total. The average molecular weight is 424 g/mol. The molecule has 1 amide bonds. The second kappa shape index (κ2) is 9.17. The second-order valence-electron chi connectivity index (χ2n) is 8.20. The molecule has 3 saturated heterocycles. The predicted molar refractivity (Wildman–Crippen MR) is 118 cm³/mol. The minimum absolute atomic E-state index is 0.164. The van der Waals surface area contributed by atoms with E-state index in [1.807, 2.05) is 35.2 Å². The number of morpholine rings is 1. The van der Waals surface area contributed by atoms with Crippen molar-refractivity contribution < 1.29 is 9.53 Å².